The van der Waals surface area contributed by atoms with Crippen molar-refractivity contribution in [3.63, 3.8) is 0 Å². The largest absolute Gasteiger partial charge is 0.381 e. The Labute approximate surface area is 171 Å². The molecule has 3 atom stereocenters. The number of para-hydroxylation sites is 1. The number of nitrogens with one attached hydrogen (secondary N) is 1. The summed E-state index contributed by atoms with van der Waals surface area (Å²) in [7, 11) is 1.99. The number of fused-ring (bicyclic) bond motifs is 3. The molecule has 1 aliphatic carbocycles. The normalized spacial score (nSPS) is 27.3. The second-order valence-electron chi connectivity index (χ2n) is 8.90. The fraction of sp³-hybridized carbons (Fsp3) is 0.565. The van der Waals surface area contributed by atoms with Gasteiger partial charge in [-0.15, -0.1) is 0 Å². The molecule has 3 heterocycles. The average molecular weight is 396 g/mol. The lowest BCUT2D eigenvalue weighted by atomic mass is 9.90. The number of aromatic nitrogens is 1. The van der Waals surface area contributed by atoms with Gasteiger partial charge in [0.2, 0.25) is 5.91 Å². The third-order valence-corrected chi connectivity index (χ3v) is 7.15. The Morgan fingerprint density at radius 3 is 2.45 bits per heavy atom. The van der Waals surface area contributed by atoms with Crippen molar-refractivity contribution >= 4 is 22.7 Å². The minimum atomic E-state index is 0.0819. The SMILES string of the molecule is Cn1cc(C(=O)N2C[C@H]3CC[C@@H](C2)C3NC(=O)C2CCOCC2)c2ccccc21. The Hall–Kier alpha value is -2.34. The Morgan fingerprint density at radius 1 is 1.03 bits per heavy atom. The molecule has 2 amide bonds. The number of hydrogen-bond acceptors (Lipinski definition) is 3. The molecule has 6 nitrogen and oxygen atoms in total. The van der Waals surface area contributed by atoms with Crippen LogP contribution in [0, 0.1) is 17.8 Å². The van der Waals surface area contributed by atoms with Crippen LogP contribution in [0.3, 0.4) is 0 Å². The molecular weight excluding hydrogens is 366 g/mol. The molecule has 3 aliphatic rings. The van der Waals surface area contributed by atoms with Crippen LogP contribution in [0.15, 0.2) is 30.5 Å². The van der Waals surface area contributed by atoms with E-state index in [1.807, 2.05) is 47.0 Å². The van der Waals surface area contributed by atoms with Gasteiger partial charge in [-0.2, -0.15) is 0 Å². The molecule has 1 aromatic carbocycles. The number of likely N-dealkylation sites (tertiary alicyclic amines) is 1. The Bertz CT molecular complexity index is 917. The van der Waals surface area contributed by atoms with Gasteiger partial charge in [-0.05, 0) is 43.6 Å². The summed E-state index contributed by atoms with van der Waals surface area (Å²) in [4.78, 5) is 28.1. The van der Waals surface area contributed by atoms with Gasteiger partial charge in [0.15, 0.2) is 0 Å². The van der Waals surface area contributed by atoms with Crippen LogP contribution in [0.4, 0.5) is 0 Å². The Balaban J connectivity index is 1.29. The number of hydrogen-bond donors (Lipinski definition) is 1. The molecule has 3 fully saturated rings. The molecule has 1 aromatic heterocycles. The molecule has 1 saturated carbocycles. The van der Waals surface area contributed by atoms with Gasteiger partial charge in [0.1, 0.15) is 0 Å². The van der Waals surface area contributed by atoms with Gasteiger partial charge >= 0.3 is 0 Å². The first kappa shape index (κ1) is 18.7. The fourth-order valence-corrected chi connectivity index (χ4v) is 5.55. The van der Waals surface area contributed by atoms with Crippen LogP contribution >= 0.6 is 0 Å². The molecule has 2 saturated heterocycles. The lowest BCUT2D eigenvalue weighted by Crippen LogP contribution is -2.55. The van der Waals surface area contributed by atoms with Crippen molar-refractivity contribution in [1.82, 2.24) is 14.8 Å². The van der Waals surface area contributed by atoms with Crippen LogP contribution < -0.4 is 5.32 Å². The van der Waals surface area contributed by atoms with E-state index in [-0.39, 0.29) is 23.8 Å². The quantitative estimate of drug-likeness (QED) is 0.869. The zero-order chi connectivity index (χ0) is 20.0. The summed E-state index contributed by atoms with van der Waals surface area (Å²) in [6.45, 7) is 2.83. The monoisotopic (exact) mass is 395 g/mol. The van der Waals surface area contributed by atoms with Crippen molar-refractivity contribution in [3.05, 3.63) is 36.0 Å². The summed E-state index contributed by atoms with van der Waals surface area (Å²) in [6.07, 6.45) is 5.76. The van der Waals surface area contributed by atoms with Crippen LogP contribution in [0.1, 0.15) is 36.0 Å². The molecule has 29 heavy (non-hydrogen) atoms. The van der Waals surface area contributed by atoms with Gasteiger partial charge in [0.25, 0.3) is 5.91 Å². The van der Waals surface area contributed by atoms with Gasteiger partial charge in [-0.3, -0.25) is 9.59 Å². The summed E-state index contributed by atoms with van der Waals surface area (Å²) >= 11 is 0. The number of benzene rings is 1. The number of nitrogens with zero attached hydrogens (tertiary/aromatic N) is 2. The van der Waals surface area contributed by atoms with Crippen LogP contribution in [0.5, 0.6) is 0 Å². The van der Waals surface area contributed by atoms with Crippen molar-refractivity contribution in [3.8, 4) is 0 Å². The molecule has 2 aromatic rings. The third-order valence-electron chi connectivity index (χ3n) is 7.15. The molecule has 5 rings (SSSR count). The van der Waals surface area contributed by atoms with Crippen molar-refractivity contribution in [2.75, 3.05) is 26.3 Å². The second-order valence-corrected chi connectivity index (χ2v) is 8.90. The minimum Gasteiger partial charge on any atom is -0.381 e. The number of rotatable bonds is 3. The van der Waals surface area contributed by atoms with Crippen molar-refractivity contribution in [1.29, 1.82) is 0 Å². The van der Waals surface area contributed by atoms with E-state index in [4.69, 9.17) is 4.74 Å². The van der Waals surface area contributed by atoms with Gasteiger partial charge < -0.3 is 19.5 Å². The predicted octanol–water partition coefficient (Wildman–Crippen LogP) is 2.57. The molecule has 0 spiro atoms. The molecule has 154 valence electrons. The summed E-state index contributed by atoms with van der Waals surface area (Å²) in [5, 5.41) is 4.36. The highest BCUT2D eigenvalue weighted by atomic mass is 16.5. The molecule has 2 bridgehead atoms. The maximum Gasteiger partial charge on any atom is 0.256 e. The minimum absolute atomic E-state index is 0.0819. The lowest BCUT2D eigenvalue weighted by molar-refractivity contribution is -0.129. The predicted molar refractivity (Wildman–Crippen MR) is 111 cm³/mol. The number of amides is 2. The molecule has 1 unspecified atom stereocenters. The topological polar surface area (TPSA) is 63.6 Å². The molecule has 6 heteroatoms. The van der Waals surface area contributed by atoms with Gasteiger partial charge in [-0.25, -0.2) is 0 Å². The van der Waals surface area contributed by atoms with Gasteiger partial charge in [0, 0.05) is 62.4 Å². The molecule has 1 N–H and O–H groups in total. The summed E-state index contributed by atoms with van der Waals surface area (Å²) in [5.41, 5.74) is 1.87. The van der Waals surface area contributed by atoms with Crippen LogP contribution in [0.2, 0.25) is 0 Å². The maximum atomic E-state index is 13.3. The number of piperidine rings is 1. The number of carbonyl (C=O) groups excluding carboxylic acids is 2. The van der Waals surface area contributed by atoms with E-state index in [1.54, 1.807) is 0 Å². The van der Waals surface area contributed by atoms with Crippen LogP contribution in [-0.2, 0) is 16.6 Å². The van der Waals surface area contributed by atoms with Crippen molar-refractivity contribution < 1.29 is 14.3 Å². The van der Waals surface area contributed by atoms with Gasteiger partial charge in [-0.1, -0.05) is 18.2 Å². The van der Waals surface area contributed by atoms with Crippen LogP contribution in [-0.4, -0.2) is 53.6 Å². The summed E-state index contributed by atoms with van der Waals surface area (Å²) in [6, 6.07) is 8.28. The molecular formula is C23H29N3O3. The zero-order valence-electron chi connectivity index (χ0n) is 17.0. The second kappa shape index (κ2) is 7.48. The number of ether oxygens (including phenoxy) is 1. The zero-order valence-corrected chi connectivity index (χ0v) is 17.0. The summed E-state index contributed by atoms with van der Waals surface area (Å²) < 4.78 is 7.41. The van der Waals surface area contributed by atoms with E-state index >= 15 is 0 Å². The highest BCUT2D eigenvalue weighted by Crippen LogP contribution is 2.38. The maximum absolute atomic E-state index is 13.3. The van der Waals surface area contributed by atoms with Gasteiger partial charge in [0.05, 0.1) is 5.56 Å². The molecule has 2 aliphatic heterocycles. The fourth-order valence-electron chi connectivity index (χ4n) is 5.55. The standard InChI is InChI=1S/C23H29N3O3/c1-25-14-19(18-4-2-3-5-20(18)25)23(28)26-12-16-6-7-17(13-26)21(16)24-22(27)15-8-10-29-11-9-15/h2-5,14-17,21H,6-13H2,1H3,(H,24,27)/t16-,17+,21?. The Kier molecular flexibility index (Phi) is 4.82. The van der Waals surface area contributed by atoms with Crippen LogP contribution in [0.25, 0.3) is 10.9 Å². The third kappa shape index (κ3) is 3.33. The number of aryl methyl sites for hydroxylation is 1. The van der Waals surface area contributed by atoms with Crippen molar-refractivity contribution in [2.24, 2.45) is 24.8 Å². The lowest BCUT2D eigenvalue weighted by Gasteiger charge is -2.39. The highest BCUT2D eigenvalue weighted by Gasteiger charge is 2.44. The smallest absolute Gasteiger partial charge is 0.256 e. The first-order valence-electron chi connectivity index (χ1n) is 10.8. The molecule has 0 radical (unpaired) electrons. The van der Waals surface area contributed by atoms with E-state index in [2.05, 4.69) is 5.32 Å². The van der Waals surface area contributed by atoms with E-state index in [9.17, 15) is 9.59 Å². The number of carbonyl (C=O) groups is 2. The summed E-state index contributed by atoms with van der Waals surface area (Å²) in [5.74, 6) is 1.10. The van der Waals surface area contributed by atoms with E-state index in [0.29, 0.717) is 25.0 Å². The first-order chi connectivity index (χ1) is 14.1. The van der Waals surface area contributed by atoms with Crippen molar-refractivity contribution in [2.45, 2.75) is 31.7 Å². The van der Waals surface area contributed by atoms with E-state index in [1.165, 1.54) is 0 Å². The van der Waals surface area contributed by atoms with E-state index in [0.717, 1.165) is 55.2 Å². The Morgan fingerprint density at radius 2 is 1.72 bits per heavy atom. The highest BCUT2D eigenvalue weighted by molar-refractivity contribution is 6.07. The first-order valence-corrected chi connectivity index (χ1v) is 10.8. The average Bonchev–Trinajstić information content (AvgIpc) is 3.19. The van der Waals surface area contributed by atoms with E-state index < -0.39 is 0 Å².